The summed E-state index contributed by atoms with van der Waals surface area (Å²) >= 11 is 5.95. The van der Waals surface area contributed by atoms with Crippen LogP contribution in [-0.4, -0.2) is 71.1 Å². The van der Waals surface area contributed by atoms with Crippen LogP contribution in [-0.2, 0) is 19.9 Å². The number of carboxylic acids is 1. The monoisotopic (exact) mass is 542 g/mol. The number of anilines is 1. The molecular formula is C25H33ClF2N4O5. The van der Waals surface area contributed by atoms with Crippen LogP contribution in [0.3, 0.4) is 0 Å². The number of amides is 1. The number of alkyl halides is 2. The average Bonchev–Trinajstić information content (AvgIpc) is 3.34. The molecule has 1 amide bonds. The maximum absolute atomic E-state index is 13.9. The van der Waals surface area contributed by atoms with Gasteiger partial charge in [-0.3, -0.25) is 14.3 Å². The molecule has 0 saturated carbocycles. The van der Waals surface area contributed by atoms with Crippen LogP contribution < -0.4 is 10.1 Å². The Morgan fingerprint density at radius 2 is 1.95 bits per heavy atom. The van der Waals surface area contributed by atoms with Crippen molar-refractivity contribution in [2.45, 2.75) is 51.7 Å². The summed E-state index contributed by atoms with van der Waals surface area (Å²) in [7, 11) is 0. The molecule has 1 aromatic heterocycles. The third-order valence-electron chi connectivity index (χ3n) is 6.53. The Morgan fingerprint density at radius 3 is 2.54 bits per heavy atom. The zero-order valence-corrected chi connectivity index (χ0v) is 21.9. The van der Waals surface area contributed by atoms with E-state index < -0.39 is 29.9 Å². The summed E-state index contributed by atoms with van der Waals surface area (Å²) in [5, 5.41) is 17.0. The number of nitrogens with one attached hydrogen (secondary N) is 1. The molecule has 0 radical (unpaired) electrons. The van der Waals surface area contributed by atoms with Crippen molar-refractivity contribution in [3.05, 3.63) is 41.2 Å². The molecule has 3 rings (SSSR count). The summed E-state index contributed by atoms with van der Waals surface area (Å²) in [5.74, 6) is -2.23. The van der Waals surface area contributed by atoms with E-state index >= 15 is 0 Å². The van der Waals surface area contributed by atoms with Gasteiger partial charge in [0.05, 0.1) is 18.2 Å². The first-order valence-electron chi connectivity index (χ1n) is 12.2. The van der Waals surface area contributed by atoms with E-state index in [4.69, 9.17) is 16.3 Å². The van der Waals surface area contributed by atoms with E-state index in [0.717, 1.165) is 5.69 Å². The van der Waals surface area contributed by atoms with Crippen LogP contribution in [0.1, 0.15) is 45.2 Å². The second-order valence-electron chi connectivity index (χ2n) is 9.32. The summed E-state index contributed by atoms with van der Waals surface area (Å²) in [5.41, 5.74) is -0.207. The second-order valence-corrected chi connectivity index (χ2v) is 9.76. The van der Waals surface area contributed by atoms with Crippen molar-refractivity contribution in [2.75, 3.05) is 38.2 Å². The van der Waals surface area contributed by atoms with Gasteiger partial charge in [0.1, 0.15) is 5.54 Å². The summed E-state index contributed by atoms with van der Waals surface area (Å²) < 4.78 is 37.6. The lowest BCUT2D eigenvalue weighted by Crippen LogP contribution is -2.55. The molecule has 12 heteroatoms. The van der Waals surface area contributed by atoms with Gasteiger partial charge in [-0.25, -0.2) is 0 Å². The Morgan fingerprint density at radius 1 is 1.24 bits per heavy atom. The highest BCUT2D eigenvalue weighted by Gasteiger charge is 2.46. The number of carbonyl (C=O) groups excluding carboxylic acids is 1. The van der Waals surface area contributed by atoms with Crippen molar-refractivity contribution in [1.29, 1.82) is 0 Å². The first kappa shape index (κ1) is 28.8. The second kappa shape index (κ2) is 12.7. The van der Waals surface area contributed by atoms with E-state index in [1.807, 2.05) is 31.7 Å². The SMILES string of the molecule is CCOC[C@H](CN1CCC(C(=O)Nc2ccc(Cl)cc2OC(F)F)(n2nccc2C(C)C)CC1)C(=O)O. The number of aromatic nitrogens is 2. The first-order chi connectivity index (χ1) is 17.6. The molecule has 1 aliphatic rings. The minimum atomic E-state index is -3.09. The van der Waals surface area contributed by atoms with Gasteiger partial charge in [-0.2, -0.15) is 13.9 Å². The van der Waals surface area contributed by atoms with Gasteiger partial charge in [0.2, 0.25) is 0 Å². The number of ether oxygens (including phenoxy) is 2. The molecule has 0 spiro atoms. The lowest BCUT2D eigenvalue weighted by Gasteiger charge is -2.42. The van der Waals surface area contributed by atoms with E-state index in [9.17, 15) is 23.5 Å². The van der Waals surface area contributed by atoms with Gasteiger partial charge in [-0.15, -0.1) is 0 Å². The molecule has 2 N–H and O–H groups in total. The van der Waals surface area contributed by atoms with Crippen LogP contribution in [0.25, 0.3) is 0 Å². The Kier molecular flexibility index (Phi) is 9.86. The van der Waals surface area contributed by atoms with Crippen molar-refractivity contribution in [2.24, 2.45) is 5.92 Å². The minimum absolute atomic E-state index is 0.0670. The van der Waals surface area contributed by atoms with Crippen LogP contribution in [0.2, 0.25) is 5.02 Å². The summed E-state index contributed by atoms with van der Waals surface area (Å²) in [4.78, 5) is 27.6. The summed E-state index contributed by atoms with van der Waals surface area (Å²) in [6.45, 7) is 4.38. The maximum Gasteiger partial charge on any atom is 0.387 e. The highest BCUT2D eigenvalue weighted by Crippen LogP contribution is 2.37. The molecule has 204 valence electrons. The number of piperidine rings is 1. The Bertz CT molecular complexity index is 1070. The molecule has 0 bridgehead atoms. The number of hydrogen-bond acceptors (Lipinski definition) is 6. The van der Waals surface area contributed by atoms with E-state index in [1.54, 1.807) is 10.9 Å². The predicted octanol–water partition coefficient (Wildman–Crippen LogP) is 4.43. The van der Waals surface area contributed by atoms with Gasteiger partial charge >= 0.3 is 12.6 Å². The number of halogens is 3. The Hall–Kier alpha value is -2.76. The molecule has 2 heterocycles. The van der Waals surface area contributed by atoms with Crippen LogP contribution in [0.5, 0.6) is 5.75 Å². The van der Waals surface area contributed by atoms with Crippen LogP contribution in [0.4, 0.5) is 14.5 Å². The number of carboxylic acid groups (broad SMARTS) is 1. The maximum atomic E-state index is 13.9. The van der Waals surface area contributed by atoms with Gasteiger partial charge in [-0.1, -0.05) is 25.4 Å². The third-order valence-corrected chi connectivity index (χ3v) is 6.77. The largest absolute Gasteiger partial charge is 0.481 e. The molecule has 0 unspecified atom stereocenters. The number of hydrogen-bond donors (Lipinski definition) is 2. The van der Waals surface area contributed by atoms with E-state index in [0.29, 0.717) is 32.5 Å². The van der Waals surface area contributed by atoms with Gasteiger partial charge in [-0.05, 0) is 43.9 Å². The summed E-state index contributed by atoms with van der Waals surface area (Å²) in [6.07, 6.45) is 2.30. The number of carbonyl (C=O) groups is 2. The molecule has 0 aliphatic carbocycles. The average molecular weight is 543 g/mol. The number of rotatable bonds is 12. The number of aliphatic carboxylic acids is 1. The quantitative estimate of drug-likeness (QED) is 0.409. The van der Waals surface area contributed by atoms with Crippen LogP contribution in [0, 0.1) is 5.92 Å². The predicted molar refractivity (Wildman–Crippen MR) is 134 cm³/mol. The highest BCUT2D eigenvalue weighted by molar-refractivity contribution is 6.30. The Labute approximate surface area is 219 Å². The van der Waals surface area contributed by atoms with Crippen LogP contribution >= 0.6 is 11.6 Å². The van der Waals surface area contributed by atoms with Crippen LogP contribution in [0.15, 0.2) is 30.5 Å². The molecular weight excluding hydrogens is 510 g/mol. The fourth-order valence-corrected chi connectivity index (χ4v) is 4.72. The molecule has 1 atom stereocenters. The molecule has 2 aromatic rings. The molecule has 1 saturated heterocycles. The van der Waals surface area contributed by atoms with Gasteiger partial charge < -0.3 is 24.8 Å². The van der Waals surface area contributed by atoms with Gasteiger partial charge in [0.15, 0.2) is 5.75 Å². The van der Waals surface area contributed by atoms with Crippen molar-refractivity contribution in [3.8, 4) is 5.75 Å². The van der Waals surface area contributed by atoms with Gasteiger partial charge in [0, 0.05) is 49.2 Å². The van der Waals surface area contributed by atoms with E-state index in [1.165, 1.54) is 18.2 Å². The normalized spacial score (nSPS) is 16.6. The lowest BCUT2D eigenvalue weighted by molar-refractivity contribution is -0.145. The molecule has 1 aromatic carbocycles. The minimum Gasteiger partial charge on any atom is -0.481 e. The molecule has 1 aliphatic heterocycles. The zero-order valence-electron chi connectivity index (χ0n) is 21.1. The molecule has 9 nitrogen and oxygen atoms in total. The standard InChI is InChI=1S/C25H33ClF2N4O5/c1-4-36-15-17(22(33)34)14-31-11-8-25(9-12-31,32-20(16(2)3)7-10-29-32)23(35)30-19-6-5-18(26)13-21(19)37-24(27)28/h5-7,10,13,16-17,24H,4,8-9,11-12,14-15H2,1-3H3,(H,30,35)(H,33,34)/t17-/m0/s1. The van der Waals surface area contributed by atoms with Crippen molar-refractivity contribution in [1.82, 2.24) is 14.7 Å². The van der Waals surface area contributed by atoms with E-state index in [2.05, 4.69) is 15.2 Å². The topological polar surface area (TPSA) is 106 Å². The molecule has 37 heavy (non-hydrogen) atoms. The number of nitrogens with zero attached hydrogens (tertiary/aromatic N) is 3. The zero-order chi connectivity index (χ0) is 27.2. The van der Waals surface area contributed by atoms with Crippen molar-refractivity contribution >= 4 is 29.2 Å². The number of likely N-dealkylation sites (tertiary alicyclic amines) is 1. The van der Waals surface area contributed by atoms with Crippen molar-refractivity contribution in [3.63, 3.8) is 0 Å². The van der Waals surface area contributed by atoms with Gasteiger partial charge in [0.25, 0.3) is 5.91 Å². The molecule has 1 fully saturated rings. The fourth-order valence-electron chi connectivity index (χ4n) is 4.55. The Balaban J connectivity index is 1.89. The lowest BCUT2D eigenvalue weighted by atomic mass is 9.85. The smallest absolute Gasteiger partial charge is 0.387 e. The first-order valence-corrected chi connectivity index (χ1v) is 12.6. The third kappa shape index (κ3) is 6.97. The van der Waals surface area contributed by atoms with E-state index in [-0.39, 0.29) is 35.5 Å². The fraction of sp³-hybridized carbons (Fsp3) is 0.560. The highest BCUT2D eigenvalue weighted by atomic mass is 35.5. The van der Waals surface area contributed by atoms with Crippen molar-refractivity contribution < 1.29 is 33.0 Å². The number of benzene rings is 1. The summed E-state index contributed by atoms with van der Waals surface area (Å²) in [6, 6.07) is 5.96.